The van der Waals surface area contributed by atoms with Gasteiger partial charge in [0.25, 0.3) is 0 Å². The molecule has 0 saturated heterocycles. The lowest BCUT2D eigenvalue weighted by Gasteiger charge is -2.40. The predicted octanol–water partition coefficient (Wildman–Crippen LogP) is 3.46. The van der Waals surface area contributed by atoms with Crippen LogP contribution in [0.2, 0.25) is 0 Å². The molecule has 24 heavy (non-hydrogen) atoms. The van der Waals surface area contributed by atoms with Crippen LogP contribution in [0.15, 0.2) is 30.3 Å². The van der Waals surface area contributed by atoms with Crippen LogP contribution >= 0.6 is 11.3 Å². The molecule has 7 heteroatoms. The highest BCUT2D eigenvalue weighted by Gasteiger charge is 2.47. The molecule has 3 rings (SSSR count). The molecule has 2 aromatic rings. The lowest BCUT2D eigenvalue weighted by molar-refractivity contribution is -0.130. The maximum atomic E-state index is 14.1. The molecule has 126 valence electrons. The van der Waals surface area contributed by atoms with E-state index in [2.05, 4.69) is 5.32 Å². The summed E-state index contributed by atoms with van der Waals surface area (Å²) in [5, 5.41) is 11.7. The molecular formula is C17H15F2NO3S. The second-order valence-corrected chi connectivity index (χ2v) is 6.98. The number of rotatable bonds is 5. The molecule has 1 aliphatic rings. The summed E-state index contributed by atoms with van der Waals surface area (Å²) >= 11 is 1.08. The number of amides is 1. The van der Waals surface area contributed by atoms with Crippen LogP contribution in [0.25, 0.3) is 0 Å². The number of benzene rings is 1. The fourth-order valence-electron chi connectivity index (χ4n) is 2.95. The third kappa shape index (κ3) is 2.91. The molecule has 2 N–H and O–H groups in total. The topological polar surface area (TPSA) is 66.4 Å². The van der Waals surface area contributed by atoms with E-state index in [1.54, 1.807) is 6.07 Å². The Kier molecular flexibility index (Phi) is 4.36. The molecule has 1 fully saturated rings. The molecule has 1 amide bonds. The van der Waals surface area contributed by atoms with Crippen LogP contribution in [0.5, 0.6) is 0 Å². The van der Waals surface area contributed by atoms with Crippen molar-refractivity contribution in [2.45, 2.75) is 31.2 Å². The minimum absolute atomic E-state index is 0.182. The molecule has 0 radical (unpaired) electrons. The number of nitrogens with one attached hydrogen (secondary N) is 1. The minimum atomic E-state index is -1.01. The number of aromatic carboxylic acids is 1. The van der Waals surface area contributed by atoms with Gasteiger partial charge < -0.3 is 10.4 Å². The van der Waals surface area contributed by atoms with Crippen molar-refractivity contribution in [3.63, 3.8) is 0 Å². The van der Waals surface area contributed by atoms with Crippen LogP contribution in [0.3, 0.4) is 0 Å². The van der Waals surface area contributed by atoms with Crippen LogP contribution in [-0.4, -0.2) is 17.0 Å². The van der Waals surface area contributed by atoms with Crippen LogP contribution in [0, 0.1) is 11.6 Å². The van der Waals surface area contributed by atoms with E-state index in [1.807, 2.05) is 0 Å². The molecule has 1 heterocycles. The first-order chi connectivity index (χ1) is 11.4. The number of carboxylic acids is 1. The van der Waals surface area contributed by atoms with E-state index >= 15 is 0 Å². The Bertz CT molecular complexity index is 799. The van der Waals surface area contributed by atoms with Gasteiger partial charge in [0.05, 0.1) is 12.0 Å². The monoisotopic (exact) mass is 351 g/mol. The van der Waals surface area contributed by atoms with Crippen LogP contribution < -0.4 is 5.32 Å². The summed E-state index contributed by atoms with van der Waals surface area (Å²) < 4.78 is 27.2. The fraction of sp³-hybridized carbons (Fsp3) is 0.294. The first-order valence-electron chi connectivity index (χ1n) is 7.48. The zero-order valence-corrected chi connectivity index (χ0v) is 13.5. The SMILES string of the molecule is O=C(O)c1ccc(CNC(=O)C2(c3ccc(F)cc3F)CCC2)s1. The Balaban J connectivity index is 1.75. The molecule has 0 aliphatic heterocycles. The zero-order chi connectivity index (χ0) is 17.3. The predicted molar refractivity (Wildman–Crippen MR) is 85.0 cm³/mol. The first-order valence-corrected chi connectivity index (χ1v) is 8.30. The summed E-state index contributed by atoms with van der Waals surface area (Å²) in [5.74, 6) is -2.72. The summed E-state index contributed by atoms with van der Waals surface area (Å²) in [6.07, 6.45) is 1.81. The van der Waals surface area contributed by atoms with Gasteiger partial charge in [-0.05, 0) is 31.0 Å². The fourth-order valence-corrected chi connectivity index (χ4v) is 3.74. The Labute approximate surface area is 141 Å². The van der Waals surface area contributed by atoms with Crippen molar-refractivity contribution in [1.82, 2.24) is 5.32 Å². The van der Waals surface area contributed by atoms with Crippen molar-refractivity contribution in [1.29, 1.82) is 0 Å². The second kappa shape index (κ2) is 6.32. The largest absolute Gasteiger partial charge is 0.477 e. The summed E-state index contributed by atoms with van der Waals surface area (Å²) in [7, 11) is 0. The highest BCUT2D eigenvalue weighted by Crippen LogP contribution is 2.45. The number of carbonyl (C=O) groups is 2. The van der Waals surface area contributed by atoms with E-state index in [1.165, 1.54) is 12.1 Å². The molecule has 0 unspecified atom stereocenters. The summed E-state index contributed by atoms with van der Waals surface area (Å²) in [6.45, 7) is 0.182. The van der Waals surface area contributed by atoms with Crippen LogP contribution in [-0.2, 0) is 16.8 Å². The van der Waals surface area contributed by atoms with Gasteiger partial charge >= 0.3 is 5.97 Å². The van der Waals surface area contributed by atoms with Crippen molar-refractivity contribution in [2.24, 2.45) is 0 Å². The molecule has 1 aromatic heterocycles. The van der Waals surface area contributed by atoms with Crippen molar-refractivity contribution in [2.75, 3.05) is 0 Å². The average Bonchev–Trinajstić information content (AvgIpc) is 2.95. The summed E-state index contributed by atoms with van der Waals surface area (Å²) in [6, 6.07) is 6.40. The third-order valence-corrected chi connectivity index (χ3v) is 5.46. The lowest BCUT2D eigenvalue weighted by Crippen LogP contribution is -2.49. The molecule has 0 atom stereocenters. The van der Waals surface area contributed by atoms with Gasteiger partial charge in [-0.3, -0.25) is 4.79 Å². The quantitative estimate of drug-likeness (QED) is 0.867. The van der Waals surface area contributed by atoms with Crippen LogP contribution in [0.4, 0.5) is 8.78 Å². The zero-order valence-electron chi connectivity index (χ0n) is 12.6. The Morgan fingerprint density at radius 3 is 2.50 bits per heavy atom. The number of hydrogen-bond acceptors (Lipinski definition) is 3. The summed E-state index contributed by atoms with van der Waals surface area (Å²) in [4.78, 5) is 24.4. The van der Waals surface area contributed by atoms with Gasteiger partial charge in [0, 0.05) is 16.5 Å². The van der Waals surface area contributed by atoms with Gasteiger partial charge in [-0.1, -0.05) is 12.5 Å². The minimum Gasteiger partial charge on any atom is -0.477 e. The van der Waals surface area contributed by atoms with E-state index in [-0.39, 0.29) is 22.9 Å². The molecule has 0 spiro atoms. The molecule has 1 aliphatic carbocycles. The van der Waals surface area contributed by atoms with Gasteiger partial charge in [0.1, 0.15) is 16.5 Å². The van der Waals surface area contributed by atoms with Gasteiger partial charge in [-0.25, -0.2) is 13.6 Å². The van der Waals surface area contributed by atoms with Gasteiger partial charge in [0.2, 0.25) is 5.91 Å². The van der Waals surface area contributed by atoms with E-state index in [4.69, 9.17) is 5.11 Å². The van der Waals surface area contributed by atoms with E-state index in [0.717, 1.165) is 29.9 Å². The van der Waals surface area contributed by atoms with Crippen molar-refractivity contribution in [3.05, 3.63) is 57.3 Å². The smallest absolute Gasteiger partial charge is 0.345 e. The van der Waals surface area contributed by atoms with Gasteiger partial charge in [-0.2, -0.15) is 0 Å². The molecule has 4 nitrogen and oxygen atoms in total. The Morgan fingerprint density at radius 1 is 1.21 bits per heavy atom. The number of carboxylic acid groups (broad SMARTS) is 1. The van der Waals surface area contributed by atoms with Crippen molar-refractivity contribution in [3.8, 4) is 0 Å². The normalized spacial score (nSPS) is 15.6. The number of hydrogen-bond donors (Lipinski definition) is 2. The van der Waals surface area contributed by atoms with E-state index in [0.29, 0.717) is 17.7 Å². The number of carbonyl (C=O) groups excluding carboxylic acids is 1. The number of thiophene rings is 1. The molecule has 1 aromatic carbocycles. The van der Waals surface area contributed by atoms with Gasteiger partial charge in [-0.15, -0.1) is 11.3 Å². The number of halogens is 2. The van der Waals surface area contributed by atoms with Crippen LogP contribution in [0.1, 0.15) is 39.4 Å². The summed E-state index contributed by atoms with van der Waals surface area (Å²) in [5.41, 5.74) is -0.755. The third-order valence-electron chi connectivity index (χ3n) is 4.38. The molecule has 0 bridgehead atoms. The van der Waals surface area contributed by atoms with E-state index < -0.39 is 23.0 Å². The maximum absolute atomic E-state index is 14.1. The van der Waals surface area contributed by atoms with E-state index in [9.17, 15) is 18.4 Å². The average molecular weight is 351 g/mol. The lowest BCUT2D eigenvalue weighted by atomic mass is 9.63. The molecule has 1 saturated carbocycles. The van der Waals surface area contributed by atoms with Gasteiger partial charge in [0.15, 0.2) is 0 Å². The second-order valence-electron chi connectivity index (χ2n) is 5.81. The van der Waals surface area contributed by atoms with Crippen molar-refractivity contribution >= 4 is 23.2 Å². The highest BCUT2D eigenvalue weighted by molar-refractivity contribution is 7.13. The Hall–Kier alpha value is -2.28. The molecular weight excluding hydrogens is 336 g/mol. The Morgan fingerprint density at radius 2 is 1.96 bits per heavy atom. The first kappa shape index (κ1) is 16.6. The highest BCUT2D eigenvalue weighted by atomic mass is 32.1. The van der Waals surface area contributed by atoms with Crippen molar-refractivity contribution < 1.29 is 23.5 Å². The standard InChI is InChI=1S/C17H15F2NO3S/c18-10-2-4-12(13(19)8-10)17(6-1-7-17)16(23)20-9-11-3-5-14(24-11)15(21)22/h2-5,8H,1,6-7,9H2,(H,20,23)(H,21,22). The maximum Gasteiger partial charge on any atom is 0.345 e.